The lowest BCUT2D eigenvalue weighted by molar-refractivity contribution is 0.102. The lowest BCUT2D eigenvalue weighted by Crippen LogP contribution is -2.14. The van der Waals surface area contributed by atoms with Crippen molar-refractivity contribution >= 4 is 28.2 Å². The summed E-state index contributed by atoms with van der Waals surface area (Å²) in [6.07, 6.45) is 0. The molecule has 0 unspecified atom stereocenters. The minimum Gasteiger partial charge on any atom is -0.494 e. The summed E-state index contributed by atoms with van der Waals surface area (Å²) in [6, 6.07) is 16.3. The number of pyridine rings is 1. The van der Waals surface area contributed by atoms with Crippen LogP contribution in [0.4, 0.5) is 11.4 Å². The van der Waals surface area contributed by atoms with Crippen molar-refractivity contribution in [1.29, 1.82) is 0 Å². The second kappa shape index (κ2) is 5.73. The highest BCUT2D eigenvalue weighted by Crippen LogP contribution is 2.27. The minimum atomic E-state index is -0.297. The average molecular weight is 293 g/mol. The number of amides is 1. The number of carbonyl (C=O) groups is 1. The molecule has 0 spiro atoms. The van der Waals surface area contributed by atoms with Crippen molar-refractivity contribution in [2.45, 2.75) is 0 Å². The quantitative estimate of drug-likeness (QED) is 0.727. The molecule has 0 saturated carbocycles. The van der Waals surface area contributed by atoms with Crippen molar-refractivity contribution in [1.82, 2.24) is 4.98 Å². The van der Waals surface area contributed by atoms with Gasteiger partial charge in [-0.1, -0.05) is 24.3 Å². The molecule has 2 aromatic carbocycles. The first-order valence-electron chi connectivity index (χ1n) is 6.78. The maximum atomic E-state index is 12.4. The first-order chi connectivity index (χ1) is 10.7. The molecule has 3 rings (SSSR count). The van der Waals surface area contributed by atoms with E-state index in [2.05, 4.69) is 10.3 Å². The molecule has 3 aromatic rings. The summed E-state index contributed by atoms with van der Waals surface area (Å²) in [6.45, 7) is 0. The van der Waals surface area contributed by atoms with Gasteiger partial charge in [-0.3, -0.25) is 4.79 Å². The second-order valence-corrected chi connectivity index (χ2v) is 4.80. The molecule has 1 heterocycles. The molecule has 0 aliphatic heterocycles. The van der Waals surface area contributed by atoms with E-state index in [1.807, 2.05) is 30.3 Å². The van der Waals surface area contributed by atoms with Crippen molar-refractivity contribution in [3.05, 3.63) is 60.3 Å². The molecule has 0 aliphatic rings. The Kier molecular flexibility index (Phi) is 3.62. The number of nitrogens with zero attached hydrogens (tertiary/aromatic N) is 1. The van der Waals surface area contributed by atoms with Crippen LogP contribution in [-0.2, 0) is 0 Å². The SMILES string of the molecule is COc1cc(N)ccc1NC(=O)c1ccc2ccccc2n1. The highest BCUT2D eigenvalue weighted by Gasteiger charge is 2.11. The largest absolute Gasteiger partial charge is 0.494 e. The normalized spacial score (nSPS) is 10.4. The first kappa shape index (κ1) is 13.9. The number of nitrogens with one attached hydrogen (secondary N) is 1. The molecular formula is C17H15N3O2. The Hall–Kier alpha value is -3.08. The third-order valence-corrected chi connectivity index (χ3v) is 3.30. The van der Waals surface area contributed by atoms with Crippen molar-refractivity contribution in [2.24, 2.45) is 0 Å². The average Bonchev–Trinajstić information content (AvgIpc) is 2.55. The molecule has 1 amide bonds. The summed E-state index contributed by atoms with van der Waals surface area (Å²) in [5, 5.41) is 3.78. The maximum Gasteiger partial charge on any atom is 0.274 e. The Bertz CT molecular complexity index is 846. The number of methoxy groups -OCH3 is 1. The summed E-state index contributed by atoms with van der Waals surface area (Å²) in [5.74, 6) is 0.211. The Balaban J connectivity index is 1.90. The lowest BCUT2D eigenvalue weighted by atomic mass is 10.2. The predicted molar refractivity (Wildman–Crippen MR) is 87.1 cm³/mol. The van der Waals surface area contributed by atoms with Gasteiger partial charge in [0, 0.05) is 17.1 Å². The molecule has 0 aliphatic carbocycles. The van der Waals surface area contributed by atoms with Crippen LogP contribution in [0.3, 0.4) is 0 Å². The number of hydrogen-bond donors (Lipinski definition) is 2. The number of nitrogen functional groups attached to an aromatic ring is 1. The number of benzene rings is 2. The van der Waals surface area contributed by atoms with E-state index in [-0.39, 0.29) is 5.91 Å². The monoisotopic (exact) mass is 293 g/mol. The molecular weight excluding hydrogens is 278 g/mol. The highest BCUT2D eigenvalue weighted by atomic mass is 16.5. The zero-order valence-corrected chi connectivity index (χ0v) is 12.0. The number of ether oxygens (including phenoxy) is 1. The number of fused-ring (bicyclic) bond motifs is 1. The van der Waals surface area contributed by atoms with Gasteiger partial charge in [0.05, 0.1) is 18.3 Å². The molecule has 5 heteroatoms. The number of carbonyl (C=O) groups excluding carboxylic acids is 1. The number of anilines is 2. The van der Waals surface area contributed by atoms with E-state index < -0.39 is 0 Å². The standard InChI is InChI=1S/C17H15N3O2/c1-22-16-10-12(18)7-9-14(16)20-17(21)15-8-6-11-4-2-3-5-13(11)19-15/h2-10H,18H2,1H3,(H,20,21). The van der Waals surface area contributed by atoms with Crippen LogP contribution >= 0.6 is 0 Å². The van der Waals surface area contributed by atoms with Crippen LogP contribution < -0.4 is 15.8 Å². The van der Waals surface area contributed by atoms with Gasteiger partial charge in [0.2, 0.25) is 0 Å². The zero-order chi connectivity index (χ0) is 15.5. The maximum absolute atomic E-state index is 12.4. The van der Waals surface area contributed by atoms with Gasteiger partial charge >= 0.3 is 0 Å². The number of rotatable bonds is 3. The van der Waals surface area contributed by atoms with Crippen molar-refractivity contribution in [3.63, 3.8) is 0 Å². The van der Waals surface area contributed by atoms with Gasteiger partial charge in [-0.2, -0.15) is 0 Å². The van der Waals surface area contributed by atoms with Crippen LogP contribution in [0.15, 0.2) is 54.6 Å². The molecule has 3 N–H and O–H groups in total. The van der Waals surface area contributed by atoms with Crippen LogP contribution in [0.25, 0.3) is 10.9 Å². The van der Waals surface area contributed by atoms with Gasteiger partial charge in [0.15, 0.2) is 0 Å². The van der Waals surface area contributed by atoms with Crippen LogP contribution in [0.2, 0.25) is 0 Å². The number of aromatic nitrogens is 1. The molecule has 5 nitrogen and oxygen atoms in total. The first-order valence-corrected chi connectivity index (χ1v) is 6.78. The molecule has 0 fully saturated rings. The van der Waals surface area contributed by atoms with Crippen LogP contribution in [0, 0.1) is 0 Å². The van der Waals surface area contributed by atoms with E-state index >= 15 is 0 Å². The van der Waals surface area contributed by atoms with Gasteiger partial charge in [-0.15, -0.1) is 0 Å². The predicted octanol–water partition coefficient (Wildman–Crippen LogP) is 3.08. The summed E-state index contributed by atoms with van der Waals surface area (Å²) < 4.78 is 5.22. The minimum absolute atomic E-state index is 0.297. The van der Waals surface area contributed by atoms with Crippen molar-refractivity contribution in [3.8, 4) is 5.75 Å². The van der Waals surface area contributed by atoms with Crippen LogP contribution in [0.5, 0.6) is 5.75 Å². The van der Waals surface area contributed by atoms with E-state index in [1.165, 1.54) is 7.11 Å². The number of para-hydroxylation sites is 1. The fourth-order valence-electron chi connectivity index (χ4n) is 2.19. The molecule has 0 radical (unpaired) electrons. The third-order valence-electron chi connectivity index (χ3n) is 3.30. The van der Waals surface area contributed by atoms with Gasteiger partial charge in [0.1, 0.15) is 11.4 Å². The Morgan fingerprint density at radius 2 is 1.95 bits per heavy atom. The third kappa shape index (κ3) is 2.69. The summed E-state index contributed by atoms with van der Waals surface area (Å²) in [4.78, 5) is 16.7. The fraction of sp³-hybridized carbons (Fsp3) is 0.0588. The fourth-order valence-corrected chi connectivity index (χ4v) is 2.19. The molecule has 1 aromatic heterocycles. The van der Waals surface area contributed by atoms with Crippen molar-refractivity contribution in [2.75, 3.05) is 18.2 Å². The number of hydrogen-bond acceptors (Lipinski definition) is 4. The number of nitrogens with two attached hydrogens (primary N) is 1. The van der Waals surface area contributed by atoms with Crippen LogP contribution in [0.1, 0.15) is 10.5 Å². The van der Waals surface area contributed by atoms with E-state index in [0.717, 1.165) is 10.9 Å². The Morgan fingerprint density at radius 1 is 1.14 bits per heavy atom. The zero-order valence-electron chi connectivity index (χ0n) is 12.0. The Morgan fingerprint density at radius 3 is 2.77 bits per heavy atom. The van der Waals surface area contributed by atoms with Gasteiger partial charge < -0.3 is 15.8 Å². The summed E-state index contributed by atoms with van der Waals surface area (Å²) in [7, 11) is 1.53. The summed E-state index contributed by atoms with van der Waals surface area (Å²) in [5.41, 5.74) is 7.95. The lowest BCUT2D eigenvalue weighted by Gasteiger charge is -2.10. The van der Waals surface area contributed by atoms with E-state index in [9.17, 15) is 4.79 Å². The molecule has 110 valence electrons. The van der Waals surface area contributed by atoms with E-state index in [0.29, 0.717) is 22.8 Å². The topological polar surface area (TPSA) is 77.2 Å². The molecule has 0 atom stereocenters. The van der Waals surface area contributed by atoms with Crippen molar-refractivity contribution < 1.29 is 9.53 Å². The van der Waals surface area contributed by atoms with Crippen LogP contribution in [-0.4, -0.2) is 18.0 Å². The molecule has 0 saturated heterocycles. The Labute approximate surface area is 127 Å². The molecule has 22 heavy (non-hydrogen) atoms. The highest BCUT2D eigenvalue weighted by molar-refractivity contribution is 6.04. The van der Waals surface area contributed by atoms with Gasteiger partial charge in [0.25, 0.3) is 5.91 Å². The van der Waals surface area contributed by atoms with E-state index in [4.69, 9.17) is 10.5 Å². The molecule has 0 bridgehead atoms. The summed E-state index contributed by atoms with van der Waals surface area (Å²) >= 11 is 0. The van der Waals surface area contributed by atoms with Gasteiger partial charge in [-0.25, -0.2) is 4.98 Å². The van der Waals surface area contributed by atoms with E-state index in [1.54, 1.807) is 24.3 Å². The smallest absolute Gasteiger partial charge is 0.274 e. The second-order valence-electron chi connectivity index (χ2n) is 4.80. The van der Waals surface area contributed by atoms with Gasteiger partial charge in [-0.05, 0) is 24.3 Å².